The molecular formula is C21H18F2N6O2S. The van der Waals surface area contributed by atoms with Gasteiger partial charge in [-0.15, -0.1) is 10.2 Å². The molecule has 0 spiro atoms. The second-order valence-corrected chi connectivity index (χ2v) is 7.75. The topological polar surface area (TPSA) is 98.7 Å². The number of hydrogen-bond donors (Lipinski definition) is 1. The van der Waals surface area contributed by atoms with E-state index in [1.807, 2.05) is 38.1 Å². The molecule has 0 aliphatic carbocycles. The maximum Gasteiger partial charge on any atom is 0.296 e. The van der Waals surface area contributed by atoms with Crippen LogP contribution in [0.4, 0.5) is 14.5 Å². The maximum absolute atomic E-state index is 13.7. The molecule has 2 heterocycles. The monoisotopic (exact) mass is 456 g/mol. The average molecular weight is 456 g/mol. The lowest BCUT2D eigenvalue weighted by Crippen LogP contribution is -2.15. The van der Waals surface area contributed by atoms with Crippen LogP contribution >= 0.6 is 11.8 Å². The molecule has 0 bridgehead atoms. The first-order chi connectivity index (χ1) is 15.4. The van der Waals surface area contributed by atoms with Gasteiger partial charge in [-0.3, -0.25) is 9.36 Å². The number of thioether (sulfide) groups is 1. The van der Waals surface area contributed by atoms with E-state index >= 15 is 0 Å². The molecule has 0 aliphatic heterocycles. The van der Waals surface area contributed by atoms with Crippen LogP contribution in [0.5, 0.6) is 0 Å². The molecule has 8 nitrogen and oxygen atoms in total. The Morgan fingerprint density at radius 1 is 1.19 bits per heavy atom. The minimum absolute atomic E-state index is 0.0769. The third-order valence-corrected chi connectivity index (χ3v) is 5.43. The van der Waals surface area contributed by atoms with Gasteiger partial charge in [-0.2, -0.15) is 4.98 Å². The van der Waals surface area contributed by atoms with E-state index in [9.17, 15) is 13.6 Å². The number of nitrogens with one attached hydrogen (secondary N) is 1. The fourth-order valence-electron chi connectivity index (χ4n) is 2.96. The molecule has 4 aromatic rings. The van der Waals surface area contributed by atoms with Gasteiger partial charge in [0.15, 0.2) is 5.16 Å². The maximum atomic E-state index is 13.7. The third kappa shape index (κ3) is 4.67. The van der Waals surface area contributed by atoms with Crippen molar-refractivity contribution in [3.8, 4) is 23.1 Å². The zero-order valence-electron chi connectivity index (χ0n) is 17.2. The second-order valence-electron chi connectivity index (χ2n) is 6.80. The molecule has 4 rings (SSSR count). The Morgan fingerprint density at radius 3 is 2.81 bits per heavy atom. The number of amides is 1. The summed E-state index contributed by atoms with van der Waals surface area (Å²) < 4.78 is 34.1. The number of benzene rings is 2. The van der Waals surface area contributed by atoms with Gasteiger partial charge >= 0.3 is 0 Å². The van der Waals surface area contributed by atoms with Crippen LogP contribution in [-0.2, 0) is 11.3 Å². The lowest BCUT2D eigenvalue weighted by Gasteiger charge is -2.07. The summed E-state index contributed by atoms with van der Waals surface area (Å²) in [6.45, 7) is 4.35. The van der Waals surface area contributed by atoms with Crippen LogP contribution in [0.2, 0.25) is 0 Å². The van der Waals surface area contributed by atoms with Gasteiger partial charge in [-0.05, 0) is 32.0 Å². The molecule has 2 aromatic carbocycles. The molecule has 1 amide bonds. The molecule has 0 aliphatic rings. The highest BCUT2D eigenvalue weighted by atomic mass is 32.2. The zero-order chi connectivity index (χ0) is 22.7. The van der Waals surface area contributed by atoms with Crippen molar-refractivity contribution < 1.29 is 18.1 Å². The molecule has 2 aromatic heterocycles. The van der Waals surface area contributed by atoms with Crippen LogP contribution in [-0.4, -0.2) is 36.6 Å². The summed E-state index contributed by atoms with van der Waals surface area (Å²) in [6, 6.07) is 10.6. The summed E-state index contributed by atoms with van der Waals surface area (Å²) in [6.07, 6.45) is 0. The minimum atomic E-state index is -0.718. The van der Waals surface area contributed by atoms with E-state index in [0.717, 1.165) is 41.1 Å². The van der Waals surface area contributed by atoms with E-state index in [2.05, 4.69) is 25.7 Å². The summed E-state index contributed by atoms with van der Waals surface area (Å²) in [4.78, 5) is 16.6. The van der Waals surface area contributed by atoms with Crippen molar-refractivity contribution in [3.05, 3.63) is 59.7 Å². The molecule has 0 saturated heterocycles. The quantitative estimate of drug-likeness (QED) is 0.413. The smallest absolute Gasteiger partial charge is 0.296 e. The van der Waals surface area contributed by atoms with Gasteiger partial charge in [-0.25, -0.2) is 8.78 Å². The number of carbonyl (C=O) groups is 1. The summed E-state index contributed by atoms with van der Waals surface area (Å²) in [5.74, 6) is -0.941. The molecule has 32 heavy (non-hydrogen) atoms. The van der Waals surface area contributed by atoms with Crippen LogP contribution < -0.4 is 5.32 Å². The number of nitrogens with zero attached hydrogens (tertiary/aromatic N) is 5. The number of aromatic nitrogens is 5. The normalized spacial score (nSPS) is 11.0. The molecule has 164 valence electrons. The molecule has 0 saturated carbocycles. The Kier molecular flexibility index (Phi) is 6.26. The minimum Gasteiger partial charge on any atom is -0.330 e. The zero-order valence-corrected chi connectivity index (χ0v) is 18.0. The van der Waals surface area contributed by atoms with E-state index in [0.29, 0.717) is 23.4 Å². The van der Waals surface area contributed by atoms with Gasteiger partial charge in [0.2, 0.25) is 17.6 Å². The predicted octanol–water partition coefficient (Wildman–Crippen LogP) is 4.33. The highest BCUT2D eigenvalue weighted by Crippen LogP contribution is 2.26. The van der Waals surface area contributed by atoms with E-state index < -0.39 is 17.5 Å². The standard InChI is InChI=1S/C21H18F2N6O2S/c1-3-29-19(20-25-18(28-31-20)13-6-4-5-12(2)9-13)26-27-21(29)32-11-17(30)24-16-10-14(22)7-8-15(16)23/h4-10H,3,11H2,1-2H3,(H,24,30). The largest absolute Gasteiger partial charge is 0.330 e. The van der Waals surface area contributed by atoms with Gasteiger partial charge in [0, 0.05) is 18.2 Å². The fraction of sp³-hybridized carbons (Fsp3) is 0.190. The number of hydrogen-bond acceptors (Lipinski definition) is 7. The second kappa shape index (κ2) is 9.27. The van der Waals surface area contributed by atoms with Gasteiger partial charge in [0.25, 0.3) is 5.89 Å². The number of rotatable bonds is 7. The first kappa shape index (κ1) is 21.6. The first-order valence-corrected chi connectivity index (χ1v) is 10.6. The summed E-state index contributed by atoms with van der Waals surface area (Å²) >= 11 is 1.10. The SMILES string of the molecule is CCn1c(SCC(=O)Nc2cc(F)ccc2F)nnc1-c1nc(-c2cccc(C)c2)no1. The lowest BCUT2D eigenvalue weighted by molar-refractivity contribution is -0.113. The van der Waals surface area contributed by atoms with E-state index in [1.54, 1.807) is 4.57 Å². The van der Waals surface area contributed by atoms with Gasteiger partial charge in [0.1, 0.15) is 11.6 Å². The summed E-state index contributed by atoms with van der Waals surface area (Å²) in [5, 5.41) is 15.1. The highest BCUT2D eigenvalue weighted by Gasteiger charge is 2.20. The van der Waals surface area contributed by atoms with Crippen molar-refractivity contribution in [1.82, 2.24) is 24.9 Å². The Balaban J connectivity index is 1.48. The number of aryl methyl sites for hydroxylation is 1. The van der Waals surface area contributed by atoms with E-state index in [1.165, 1.54) is 0 Å². The predicted molar refractivity (Wildman–Crippen MR) is 115 cm³/mol. The number of anilines is 1. The van der Waals surface area contributed by atoms with Crippen LogP contribution in [0.3, 0.4) is 0 Å². The van der Waals surface area contributed by atoms with Crippen LogP contribution in [0.1, 0.15) is 12.5 Å². The summed E-state index contributed by atoms with van der Waals surface area (Å²) in [7, 11) is 0. The first-order valence-electron chi connectivity index (χ1n) is 9.66. The van der Waals surface area contributed by atoms with Crippen molar-refractivity contribution in [2.45, 2.75) is 25.5 Å². The number of carbonyl (C=O) groups excluding carboxylic acids is 1. The van der Waals surface area contributed by atoms with Crippen LogP contribution in [0, 0.1) is 18.6 Å². The van der Waals surface area contributed by atoms with Gasteiger partial charge in [0.05, 0.1) is 11.4 Å². The van der Waals surface area contributed by atoms with Crippen molar-refractivity contribution in [2.24, 2.45) is 0 Å². The summed E-state index contributed by atoms with van der Waals surface area (Å²) in [5.41, 5.74) is 1.67. The molecular weight excluding hydrogens is 438 g/mol. The van der Waals surface area contributed by atoms with Crippen LogP contribution in [0.25, 0.3) is 23.1 Å². The molecule has 0 atom stereocenters. The molecule has 11 heteroatoms. The highest BCUT2D eigenvalue weighted by molar-refractivity contribution is 7.99. The average Bonchev–Trinajstić information content (AvgIpc) is 3.41. The van der Waals surface area contributed by atoms with Crippen molar-refractivity contribution >= 4 is 23.4 Å². The Bertz CT molecular complexity index is 1270. The molecule has 0 radical (unpaired) electrons. The molecule has 0 fully saturated rings. The van der Waals surface area contributed by atoms with Crippen LogP contribution in [0.15, 0.2) is 52.1 Å². The van der Waals surface area contributed by atoms with Crippen molar-refractivity contribution in [3.63, 3.8) is 0 Å². The van der Waals surface area contributed by atoms with Crippen molar-refractivity contribution in [1.29, 1.82) is 0 Å². The van der Waals surface area contributed by atoms with Crippen molar-refractivity contribution in [2.75, 3.05) is 11.1 Å². The Morgan fingerprint density at radius 2 is 2.03 bits per heavy atom. The van der Waals surface area contributed by atoms with E-state index in [4.69, 9.17) is 4.52 Å². The Hall–Kier alpha value is -3.60. The van der Waals surface area contributed by atoms with Gasteiger partial charge in [-0.1, -0.05) is 40.7 Å². The fourth-order valence-corrected chi connectivity index (χ4v) is 3.77. The number of halogens is 2. The molecule has 1 N–H and O–H groups in total. The lowest BCUT2D eigenvalue weighted by atomic mass is 10.1. The van der Waals surface area contributed by atoms with Gasteiger partial charge < -0.3 is 9.84 Å². The third-order valence-electron chi connectivity index (χ3n) is 4.46. The van der Waals surface area contributed by atoms with E-state index in [-0.39, 0.29) is 17.3 Å². The molecule has 0 unspecified atom stereocenters. The Labute approximate surface area is 186 Å².